The van der Waals surface area contributed by atoms with E-state index in [-0.39, 0.29) is 12.1 Å². The van der Waals surface area contributed by atoms with Crippen LogP contribution in [0, 0.1) is 0 Å². The van der Waals surface area contributed by atoms with Crippen molar-refractivity contribution in [2.45, 2.75) is 38.8 Å². The van der Waals surface area contributed by atoms with Crippen LogP contribution < -0.4 is 10.6 Å². The molecule has 0 aliphatic carbocycles. The molecule has 2 unspecified atom stereocenters. The first-order valence-electron chi connectivity index (χ1n) is 9.97. The molecule has 1 aliphatic rings. The first kappa shape index (κ1) is 19.6. The van der Waals surface area contributed by atoms with Gasteiger partial charge in [0, 0.05) is 25.7 Å². The van der Waals surface area contributed by atoms with Gasteiger partial charge in [-0.3, -0.25) is 4.99 Å². The van der Waals surface area contributed by atoms with Gasteiger partial charge in [0.25, 0.3) is 0 Å². The Kier molecular flexibility index (Phi) is 7.48. The molecule has 1 fully saturated rings. The quantitative estimate of drug-likeness (QED) is 0.554. The third kappa shape index (κ3) is 5.94. The lowest BCUT2D eigenvalue weighted by Crippen LogP contribution is -2.44. The molecule has 2 N–H and O–H groups in total. The molecule has 0 spiro atoms. The van der Waals surface area contributed by atoms with Crippen LogP contribution in [-0.4, -0.2) is 51.0 Å². The molecule has 0 radical (unpaired) electrons. The molecule has 27 heavy (non-hydrogen) atoms. The van der Waals surface area contributed by atoms with Crippen LogP contribution in [0.15, 0.2) is 47.5 Å². The highest BCUT2D eigenvalue weighted by molar-refractivity contribution is 5.85. The summed E-state index contributed by atoms with van der Waals surface area (Å²) in [7, 11) is 0. The van der Waals surface area contributed by atoms with Gasteiger partial charge in [0.1, 0.15) is 0 Å². The fourth-order valence-corrected chi connectivity index (χ4v) is 3.32. The van der Waals surface area contributed by atoms with Gasteiger partial charge in [0.15, 0.2) is 5.96 Å². The normalized spacial score (nSPS) is 18.6. The molecule has 1 heterocycles. The van der Waals surface area contributed by atoms with Crippen molar-refractivity contribution >= 4 is 16.7 Å². The molecule has 3 rings (SSSR count). The number of nitrogens with zero attached hydrogens (tertiary/aromatic N) is 1. The van der Waals surface area contributed by atoms with Crippen molar-refractivity contribution in [3.63, 3.8) is 0 Å². The summed E-state index contributed by atoms with van der Waals surface area (Å²) in [6.07, 6.45) is 2.15. The predicted octanol–water partition coefficient (Wildman–Crippen LogP) is 3.13. The van der Waals surface area contributed by atoms with Gasteiger partial charge < -0.3 is 20.1 Å². The Hall–Kier alpha value is -2.11. The summed E-state index contributed by atoms with van der Waals surface area (Å²) in [5.41, 5.74) is 1.34. The van der Waals surface area contributed by atoms with E-state index < -0.39 is 0 Å². The van der Waals surface area contributed by atoms with E-state index in [1.54, 1.807) is 0 Å². The zero-order valence-corrected chi connectivity index (χ0v) is 16.4. The Morgan fingerprint density at radius 2 is 2.11 bits per heavy atom. The third-order valence-electron chi connectivity index (χ3n) is 4.73. The number of aliphatic imine (C=N–C) groups is 1. The summed E-state index contributed by atoms with van der Waals surface area (Å²) in [6.45, 7) is 7.96. The Morgan fingerprint density at radius 1 is 1.26 bits per heavy atom. The van der Waals surface area contributed by atoms with Crippen LogP contribution in [0.4, 0.5) is 0 Å². The van der Waals surface area contributed by atoms with E-state index >= 15 is 0 Å². The van der Waals surface area contributed by atoms with Gasteiger partial charge in [-0.25, -0.2) is 0 Å². The number of nitrogens with one attached hydrogen (secondary N) is 2. The molecule has 0 aromatic heterocycles. The molecule has 0 saturated carbocycles. The van der Waals surface area contributed by atoms with Crippen LogP contribution in [-0.2, 0) is 15.9 Å². The van der Waals surface area contributed by atoms with Crippen molar-refractivity contribution in [3.05, 3.63) is 48.0 Å². The van der Waals surface area contributed by atoms with Crippen molar-refractivity contribution in [2.24, 2.45) is 4.99 Å². The van der Waals surface area contributed by atoms with E-state index in [0.29, 0.717) is 13.2 Å². The highest BCUT2D eigenvalue weighted by Gasteiger charge is 2.17. The molecular weight excluding hydrogens is 338 g/mol. The second-order valence-electron chi connectivity index (χ2n) is 7.01. The Morgan fingerprint density at radius 3 is 2.93 bits per heavy atom. The van der Waals surface area contributed by atoms with Crippen molar-refractivity contribution in [3.8, 4) is 0 Å². The minimum atomic E-state index is 0.195. The van der Waals surface area contributed by atoms with Gasteiger partial charge in [-0.05, 0) is 43.0 Å². The van der Waals surface area contributed by atoms with Crippen molar-refractivity contribution in [1.82, 2.24) is 10.6 Å². The molecule has 2 atom stereocenters. The van der Waals surface area contributed by atoms with Gasteiger partial charge in [-0.15, -0.1) is 0 Å². The maximum absolute atomic E-state index is 5.90. The summed E-state index contributed by atoms with van der Waals surface area (Å²) in [4.78, 5) is 4.75. The lowest BCUT2D eigenvalue weighted by molar-refractivity contribution is 0.0347. The molecule has 5 nitrogen and oxygen atoms in total. The first-order chi connectivity index (χ1) is 13.3. The smallest absolute Gasteiger partial charge is 0.191 e. The van der Waals surface area contributed by atoms with E-state index in [1.807, 2.05) is 0 Å². The third-order valence-corrected chi connectivity index (χ3v) is 4.73. The largest absolute Gasteiger partial charge is 0.379 e. The molecular formula is C22H31N3O2. The lowest BCUT2D eigenvalue weighted by atomic mass is 10.0. The average molecular weight is 370 g/mol. The topological polar surface area (TPSA) is 54.9 Å². The first-order valence-corrected chi connectivity index (χ1v) is 9.97. The van der Waals surface area contributed by atoms with E-state index in [2.05, 4.69) is 66.9 Å². The second kappa shape index (κ2) is 10.3. The van der Waals surface area contributed by atoms with Crippen LogP contribution in [0.2, 0.25) is 0 Å². The lowest BCUT2D eigenvalue weighted by Gasteiger charge is -2.19. The summed E-state index contributed by atoms with van der Waals surface area (Å²) < 4.78 is 11.2. The monoisotopic (exact) mass is 369 g/mol. The van der Waals surface area contributed by atoms with Gasteiger partial charge in [-0.1, -0.05) is 42.5 Å². The van der Waals surface area contributed by atoms with E-state index in [9.17, 15) is 0 Å². The molecule has 2 aromatic rings. The second-order valence-corrected chi connectivity index (χ2v) is 7.01. The minimum absolute atomic E-state index is 0.195. The minimum Gasteiger partial charge on any atom is -0.379 e. The molecule has 2 aromatic carbocycles. The fourth-order valence-electron chi connectivity index (χ4n) is 3.32. The maximum atomic E-state index is 5.90. The zero-order valence-electron chi connectivity index (χ0n) is 16.4. The molecule has 5 heteroatoms. The molecule has 1 aliphatic heterocycles. The van der Waals surface area contributed by atoms with Gasteiger partial charge in [0.05, 0.1) is 19.3 Å². The summed E-state index contributed by atoms with van der Waals surface area (Å²) in [6, 6.07) is 15.2. The van der Waals surface area contributed by atoms with Crippen LogP contribution >= 0.6 is 0 Å². The number of ether oxygens (including phenoxy) is 2. The standard InChI is InChI=1S/C22H31N3O2/c1-3-23-22(25-17(2)15-27-20-12-14-26-16-20)24-13-11-19-9-6-8-18-7-4-5-10-21(18)19/h4-10,17,20H,3,11-16H2,1-2H3,(H2,23,24,25). The van der Waals surface area contributed by atoms with E-state index in [1.165, 1.54) is 16.3 Å². The predicted molar refractivity (Wildman–Crippen MR) is 111 cm³/mol. The zero-order chi connectivity index (χ0) is 18.9. The van der Waals surface area contributed by atoms with Crippen LogP contribution in [0.3, 0.4) is 0 Å². The molecule has 1 saturated heterocycles. The van der Waals surface area contributed by atoms with Gasteiger partial charge in [-0.2, -0.15) is 0 Å². The van der Waals surface area contributed by atoms with Crippen molar-refractivity contribution in [2.75, 3.05) is 32.9 Å². The number of fused-ring (bicyclic) bond motifs is 1. The van der Waals surface area contributed by atoms with E-state index in [0.717, 1.165) is 38.5 Å². The van der Waals surface area contributed by atoms with Crippen LogP contribution in [0.5, 0.6) is 0 Å². The van der Waals surface area contributed by atoms with Crippen LogP contribution in [0.1, 0.15) is 25.8 Å². The van der Waals surface area contributed by atoms with Crippen LogP contribution in [0.25, 0.3) is 10.8 Å². The summed E-state index contributed by atoms with van der Waals surface area (Å²) in [5, 5.41) is 9.36. The highest BCUT2D eigenvalue weighted by Crippen LogP contribution is 2.18. The number of hydrogen-bond donors (Lipinski definition) is 2. The number of guanidine groups is 1. The van der Waals surface area contributed by atoms with Gasteiger partial charge in [0.2, 0.25) is 0 Å². The maximum Gasteiger partial charge on any atom is 0.191 e. The SMILES string of the molecule is CCNC(=NCCc1cccc2ccccc12)NC(C)COC1CCOC1. The number of benzene rings is 2. The Balaban J connectivity index is 1.53. The fraction of sp³-hybridized carbons (Fsp3) is 0.500. The number of hydrogen-bond acceptors (Lipinski definition) is 3. The average Bonchev–Trinajstić information content (AvgIpc) is 3.20. The summed E-state index contributed by atoms with van der Waals surface area (Å²) >= 11 is 0. The molecule has 0 amide bonds. The highest BCUT2D eigenvalue weighted by atomic mass is 16.5. The van der Waals surface area contributed by atoms with Gasteiger partial charge >= 0.3 is 0 Å². The van der Waals surface area contributed by atoms with Crippen molar-refractivity contribution in [1.29, 1.82) is 0 Å². The number of rotatable bonds is 8. The molecule has 146 valence electrons. The Labute approximate surface area is 162 Å². The van der Waals surface area contributed by atoms with E-state index in [4.69, 9.17) is 14.5 Å². The molecule has 0 bridgehead atoms. The summed E-state index contributed by atoms with van der Waals surface area (Å²) in [5.74, 6) is 0.844. The van der Waals surface area contributed by atoms with Crippen molar-refractivity contribution < 1.29 is 9.47 Å². The Bertz CT molecular complexity index is 736.